The first kappa shape index (κ1) is 19.3. The van der Waals surface area contributed by atoms with E-state index in [9.17, 15) is 9.59 Å². The molecule has 0 spiro atoms. The van der Waals surface area contributed by atoms with Crippen LogP contribution >= 0.6 is 11.5 Å². The predicted molar refractivity (Wildman–Crippen MR) is 108 cm³/mol. The fourth-order valence-corrected chi connectivity index (χ4v) is 3.73. The van der Waals surface area contributed by atoms with Crippen molar-refractivity contribution in [1.29, 1.82) is 0 Å². The van der Waals surface area contributed by atoms with Gasteiger partial charge < -0.3 is 14.6 Å². The Kier molecular flexibility index (Phi) is 5.71. The van der Waals surface area contributed by atoms with Crippen LogP contribution in [0.4, 0.5) is 0 Å². The summed E-state index contributed by atoms with van der Waals surface area (Å²) in [5, 5.41) is 8.49. The zero-order valence-electron chi connectivity index (χ0n) is 16.1. The van der Waals surface area contributed by atoms with Gasteiger partial charge in [0.05, 0.1) is 0 Å². The Morgan fingerprint density at radius 1 is 1.24 bits per heavy atom. The van der Waals surface area contributed by atoms with E-state index in [4.69, 9.17) is 4.42 Å². The number of aryl methyl sites for hydroxylation is 1. The van der Waals surface area contributed by atoms with Crippen LogP contribution in [0.3, 0.4) is 0 Å². The molecule has 2 heterocycles. The molecular formula is C21H22N4O3S. The van der Waals surface area contributed by atoms with Crippen molar-refractivity contribution in [2.45, 2.75) is 38.3 Å². The molecule has 7 nitrogen and oxygen atoms in total. The van der Waals surface area contributed by atoms with E-state index in [0.717, 1.165) is 29.9 Å². The molecule has 1 aromatic carbocycles. The minimum Gasteiger partial charge on any atom is -0.464 e. The molecule has 1 N–H and O–H groups in total. The molecule has 0 saturated heterocycles. The van der Waals surface area contributed by atoms with Crippen molar-refractivity contribution in [2.24, 2.45) is 0 Å². The Balaban J connectivity index is 1.55. The fourth-order valence-electron chi connectivity index (χ4n) is 3.30. The molecule has 8 heteroatoms. The van der Waals surface area contributed by atoms with Crippen LogP contribution in [0.25, 0.3) is 0 Å². The molecule has 1 saturated carbocycles. The predicted octanol–water partition coefficient (Wildman–Crippen LogP) is 3.14. The van der Waals surface area contributed by atoms with Crippen molar-refractivity contribution >= 4 is 23.3 Å². The van der Waals surface area contributed by atoms with Gasteiger partial charge in [-0.05, 0) is 55.4 Å². The second kappa shape index (κ2) is 8.57. The van der Waals surface area contributed by atoms with Gasteiger partial charge in [0.2, 0.25) is 0 Å². The highest BCUT2D eigenvalue weighted by molar-refractivity contribution is 7.03. The number of carbonyl (C=O) groups excluding carboxylic acids is 2. The molecule has 2 amide bonds. The van der Waals surface area contributed by atoms with E-state index < -0.39 is 6.04 Å². The molecule has 1 aliphatic carbocycles. The summed E-state index contributed by atoms with van der Waals surface area (Å²) in [5.41, 5.74) is 1.40. The minimum atomic E-state index is -0.832. The minimum absolute atomic E-state index is 0.000482. The van der Waals surface area contributed by atoms with Crippen LogP contribution in [-0.2, 0) is 11.2 Å². The summed E-state index contributed by atoms with van der Waals surface area (Å²) >= 11 is 1.12. The average molecular weight is 410 g/mol. The Morgan fingerprint density at radius 2 is 2.03 bits per heavy atom. The third kappa shape index (κ3) is 4.54. The summed E-state index contributed by atoms with van der Waals surface area (Å²) in [7, 11) is 0. The smallest absolute Gasteiger partial charge is 0.276 e. The van der Waals surface area contributed by atoms with Crippen molar-refractivity contribution in [3.05, 3.63) is 70.6 Å². The molecule has 1 fully saturated rings. The summed E-state index contributed by atoms with van der Waals surface area (Å²) in [4.78, 5) is 27.9. The molecule has 0 unspecified atom stereocenters. The van der Waals surface area contributed by atoms with Gasteiger partial charge in [0.25, 0.3) is 11.8 Å². The van der Waals surface area contributed by atoms with Crippen LogP contribution in [0.15, 0.2) is 52.3 Å². The molecule has 0 aliphatic heterocycles. The second-order valence-electron chi connectivity index (χ2n) is 7.11. The summed E-state index contributed by atoms with van der Waals surface area (Å²) < 4.78 is 9.56. The van der Waals surface area contributed by atoms with Crippen molar-refractivity contribution in [3.8, 4) is 0 Å². The first-order chi connectivity index (χ1) is 14.1. The molecule has 1 atom stereocenters. The van der Waals surface area contributed by atoms with E-state index in [1.807, 2.05) is 37.3 Å². The maximum atomic E-state index is 13.2. The van der Waals surface area contributed by atoms with Gasteiger partial charge in [-0.1, -0.05) is 34.8 Å². The lowest BCUT2D eigenvalue weighted by atomic mass is 10.1. The standard InChI is InChI=1S/C21H22N4O3S/c1-14-7-10-18(28-14)19(20(26)22-12-11-15-5-3-2-4-6-15)25(16-8-9-16)21(27)17-13-29-24-23-17/h2-7,10,13,16,19H,8-9,11-12H2,1H3,(H,22,26)/t19-/m0/s1. The van der Waals surface area contributed by atoms with Crippen LogP contribution in [0.5, 0.6) is 0 Å². The number of benzene rings is 1. The summed E-state index contributed by atoms with van der Waals surface area (Å²) in [6.45, 7) is 2.30. The number of hydrogen-bond acceptors (Lipinski definition) is 6. The van der Waals surface area contributed by atoms with Crippen molar-refractivity contribution in [2.75, 3.05) is 6.54 Å². The van der Waals surface area contributed by atoms with Gasteiger partial charge in [-0.2, -0.15) is 0 Å². The van der Waals surface area contributed by atoms with Crippen LogP contribution in [-0.4, -0.2) is 38.9 Å². The van der Waals surface area contributed by atoms with Gasteiger partial charge in [-0.3, -0.25) is 9.59 Å². The average Bonchev–Trinajstić information content (AvgIpc) is 3.22. The molecule has 0 bridgehead atoms. The van der Waals surface area contributed by atoms with E-state index in [2.05, 4.69) is 14.9 Å². The van der Waals surface area contributed by atoms with E-state index in [1.165, 1.54) is 0 Å². The number of nitrogens with one attached hydrogen (secondary N) is 1. The van der Waals surface area contributed by atoms with E-state index in [0.29, 0.717) is 24.5 Å². The topological polar surface area (TPSA) is 88.3 Å². The Bertz CT molecular complexity index is 967. The molecule has 4 rings (SSSR count). The Morgan fingerprint density at radius 3 is 2.66 bits per heavy atom. The van der Waals surface area contributed by atoms with Gasteiger partial charge in [-0.25, -0.2) is 0 Å². The van der Waals surface area contributed by atoms with Crippen LogP contribution < -0.4 is 5.32 Å². The Labute approximate surface area is 172 Å². The number of rotatable bonds is 8. The highest BCUT2D eigenvalue weighted by Crippen LogP contribution is 2.36. The quantitative estimate of drug-likeness (QED) is 0.616. The molecule has 0 radical (unpaired) electrons. The van der Waals surface area contributed by atoms with Crippen molar-refractivity contribution in [3.63, 3.8) is 0 Å². The van der Waals surface area contributed by atoms with Gasteiger partial charge in [0, 0.05) is 18.0 Å². The zero-order chi connectivity index (χ0) is 20.2. The van der Waals surface area contributed by atoms with Gasteiger partial charge in [-0.15, -0.1) is 5.10 Å². The zero-order valence-corrected chi connectivity index (χ0v) is 16.9. The van der Waals surface area contributed by atoms with E-state index in [-0.39, 0.29) is 23.6 Å². The molecule has 150 valence electrons. The maximum Gasteiger partial charge on any atom is 0.276 e. The first-order valence-electron chi connectivity index (χ1n) is 9.61. The first-order valence-corrected chi connectivity index (χ1v) is 10.4. The third-order valence-electron chi connectivity index (χ3n) is 4.87. The molecule has 2 aromatic heterocycles. The fraction of sp³-hybridized carbons (Fsp3) is 0.333. The van der Waals surface area contributed by atoms with Gasteiger partial charge >= 0.3 is 0 Å². The van der Waals surface area contributed by atoms with E-state index in [1.54, 1.807) is 22.4 Å². The SMILES string of the molecule is Cc1ccc([C@@H](C(=O)NCCc2ccccc2)N(C(=O)c2csnn2)C2CC2)o1. The Hall–Kier alpha value is -3.00. The number of aromatic nitrogens is 2. The van der Waals surface area contributed by atoms with Crippen LogP contribution in [0.2, 0.25) is 0 Å². The van der Waals surface area contributed by atoms with Gasteiger partial charge in [0.1, 0.15) is 11.5 Å². The number of amides is 2. The number of carbonyl (C=O) groups is 2. The number of furan rings is 1. The second-order valence-corrected chi connectivity index (χ2v) is 7.72. The number of hydrogen-bond donors (Lipinski definition) is 1. The molecule has 3 aromatic rings. The summed E-state index contributed by atoms with van der Waals surface area (Å²) in [6.07, 6.45) is 2.43. The summed E-state index contributed by atoms with van der Waals surface area (Å²) in [5.74, 6) is 0.612. The maximum absolute atomic E-state index is 13.2. The molecule has 1 aliphatic rings. The molecule has 29 heavy (non-hydrogen) atoms. The monoisotopic (exact) mass is 410 g/mol. The van der Waals surface area contributed by atoms with E-state index >= 15 is 0 Å². The van der Waals surface area contributed by atoms with Crippen LogP contribution in [0.1, 0.15) is 46.5 Å². The van der Waals surface area contributed by atoms with Crippen molar-refractivity contribution < 1.29 is 14.0 Å². The molecular weight excluding hydrogens is 388 g/mol. The van der Waals surface area contributed by atoms with Crippen molar-refractivity contribution in [1.82, 2.24) is 19.8 Å². The largest absolute Gasteiger partial charge is 0.464 e. The third-order valence-corrected chi connectivity index (χ3v) is 5.37. The lowest BCUT2D eigenvalue weighted by molar-refractivity contribution is -0.126. The van der Waals surface area contributed by atoms with Crippen LogP contribution in [0, 0.1) is 6.92 Å². The lowest BCUT2D eigenvalue weighted by Gasteiger charge is -2.29. The highest BCUT2D eigenvalue weighted by Gasteiger charge is 2.43. The highest BCUT2D eigenvalue weighted by atomic mass is 32.1. The summed E-state index contributed by atoms with van der Waals surface area (Å²) in [6, 6.07) is 12.7. The lowest BCUT2D eigenvalue weighted by Crippen LogP contribution is -2.45. The normalized spacial score (nSPS) is 14.4. The van der Waals surface area contributed by atoms with Gasteiger partial charge in [0.15, 0.2) is 11.7 Å². The number of nitrogens with zero attached hydrogens (tertiary/aromatic N) is 3.